The summed E-state index contributed by atoms with van der Waals surface area (Å²) < 4.78 is 4.25. The van der Waals surface area contributed by atoms with Crippen molar-refractivity contribution < 1.29 is 9.53 Å². The summed E-state index contributed by atoms with van der Waals surface area (Å²) in [6.45, 7) is 1.44. The minimum Gasteiger partial charge on any atom is -0.388 e. The minimum absolute atomic E-state index is 0.750. The van der Waals surface area contributed by atoms with Gasteiger partial charge in [-0.05, 0) is 33.5 Å². The van der Waals surface area contributed by atoms with Gasteiger partial charge in [-0.25, -0.2) is 0 Å². The zero-order chi connectivity index (χ0) is 10.8. The van der Waals surface area contributed by atoms with Crippen molar-refractivity contribution >= 4 is 18.0 Å². The summed E-state index contributed by atoms with van der Waals surface area (Å²) in [4.78, 5) is 8.81. The Morgan fingerprint density at radius 1 is 1.25 bits per heavy atom. The number of carbonyl (C=O) groups is 1. The number of methoxy groups -OCH3 is 1. The van der Waals surface area contributed by atoms with E-state index in [1.54, 1.807) is 26.0 Å². The highest BCUT2D eigenvalue weighted by molar-refractivity contribution is 7.97. The molecule has 0 aromatic rings. The maximum atomic E-state index is 8.81. The van der Waals surface area contributed by atoms with Crippen LogP contribution >= 0.6 is 11.8 Å². The van der Waals surface area contributed by atoms with Crippen LogP contribution in [0, 0.1) is 0 Å². The van der Waals surface area contributed by atoms with Gasteiger partial charge in [-0.3, -0.25) is 0 Å². The molecule has 0 bridgehead atoms. The van der Waals surface area contributed by atoms with E-state index in [-0.39, 0.29) is 0 Å². The van der Waals surface area contributed by atoms with Crippen LogP contribution in [0.1, 0.15) is 6.92 Å². The van der Waals surface area contributed by atoms with Crippen LogP contribution in [0.3, 0.4) is 0 Å². The first-order valence-electron chi connectivity index (χ1n) is 3.45. The zero-order valence-electron chi connectivity index (χ0n) is 9.30. The van der Waals surface area contributed by atoms with Crippen LogP contribution in [0.25, 0.3) is 0 Å². The van der Waals surface area contributed by atoms with Gasteiger partial charge in [0.25, 0.3) is 0 Å². The van der Waals surface area contributed by atoms with Crippen LogP contribution in [-0.2, 0) is 9.53 Å². The topological polar surface area (TPSA) is 38.3 Å². The lowest BCUT2D eigenvalue weighted by Crippen LogP contribution is -1.89. The van der Waals surface area contributed by atoms with E-state index < -0.39 is 0 Å². The SMILES string of the molecule is CC=O.CNC.COC.CSC. The predicted molar refractivity (Wildman–Crippen MR) is 59.1 cm³/mol. The highest BCUT2D eigenvalue weighted by Crippen LogP contribution is 1.70. The van der Waals surface area contributed by atoms with Gasteiger partial charge in [0.2, 0.25) is 0 Å². The van der Waals surface area contributed by atoms with Crippen LogP contribution in [0.15, 0.2) is 0 Å². The lowest BCUT2D eigenvalue weighted by Gasteiger charge is -1.61. The van der Waals surface area contributed by atoms with Crippen LogP contribution in [0.5, 0.6) is 0 Å². The Labute approximate surface area is 81.3 Å². The summed E-state index contributed by atoms with van der Waals surface area (Å²) in [5.41, 5.74) is 0. The molecule has 0 radical (unpaired) electrons. The molecule has 12 heavy (non-hydrogen) atoms. The first kappa shape index (κ1) is 22.7. The third-order valence-electron chi connectivity index (χ3n) is 0. The number of rotatable bonds is 0. The summed E-state index contributed by atoms with van der Waals surface area (Å²) >= 11 is 1.75. The molecule has 78 valence electrons. The lowest BCUT2D eigenvalue weighted by atomic mass is 11.0. The van der Waals surface area contributed by atoms with Gasteiger partial charge in [0.15, 0.2) is 0 Å². The van der Waals surface area contributed by atoms with Crippen LogP contribution in [0.4, 0.5) is 0 Å². The van der Waals surface area contributed by atoms with Crippen LogP contribution in [0.2, 0.25) is 0 Å². The van der Waals surface area contributed by atoms with Gasteiger partial charge in [0, 0.05) is 14.2 Å². The van der Waals surface area contributed by atoms with Crippen molar-refractivity contribution in [1.82, 2.24) is 5.32 Å². The van der Waals surface area contributed by atoms with Crippen molar-refractivity contribution in [3.63, 3.8) is 0 Å². The summed E-state index contributed by atoms with van der Waals surface area (Å²) in [7, 11) is 7.00. The lowest BCUT2D eigenvalue weighted by molar-refractivity contribution is -0.106. The zero-order valence-corrected chi connectivity index (χ0v) is 10.1. The largest absolute Gasteiger partial charge is 0.388 e. The highest BCUT2D eigenvalue weighted by Gasteiger charge is 1.32. The number of ether oxygens (including phenoxy) is 1. The quantitative estimate of drug-likeness (QED) is 0.594. The fraction of sp³-hybridized carbons (Fsp3) is 0.875. The molecule has 0 aromatic heterocycles. The van der Waals surface area contributed by atoms with E-state index in [1.165, 1.54) is 6.92 Å². The Hall–Kier alpha value is -0.0600. The fourth-order valence-electron chi connectivity index (χ4n) is 0. The van der Waals surface area contributed by atoms with Crippen molar-refractivity contribution in [2.24, 2.45) is 0 Å². The smallest absolute Gasteiger partial charge is 0.116 e. The van der Waals surface area contributed by atoms with Gasteiger partial charge in [0.05, 0.1) is 0 Å². The number of hydrogen-bond donors (Lipinski definition) is 1. The van der Waals surface area contributed by atoms with Gasteiger partial charge in [-0.15, -0.1) is 0 Å². The van der Waals surface area contributed by atoms with Gasteiger partial charge >= 0.3 is 0 Å². The summed E-state index contributed by atoms with van der Waals surface area (Å²) in [5, 5.41) is 2.75. The number of nitrogens with one attached hydrogen (secondary N) is 1. The average molecular weight is 197 g/mol. The molecule has 0 spiro atoms. The van der Waals surface area contributed by atoms with Gasteiger partial charge in [-0.2, -0.15) is 11.8 Å². The monoisotopic (exact) mass is 197 g/mol. The Morgan fingerprint density at radius 3 is 1.25 bits per heavy atom. The maximum Gasteiger partial charge on any atom is 0.116 e. The third-order valence-corrected chi connectivity index (χ3v) is 0. The molecule has 0 saturated heterocycles. The Balaban J connectivity index is -0.0000000356. The van der Waals surface area contributed by atoms with Crippen molar-refractivity contribution in [3.8, 4) is 0 Å². The molecule has 0 aliphatic rings. The molecule has 0 atom stereocenters. The molecule has 0 fully saturated rings. The number of thioether (sulfide) groups is 1. The van der Waals surface area contributed by atoms with E-state index in [1.807, 2.05) is 26.6 Å². The molecule has 0 rings (SSSR count). The molecule has 0 aliphatic carbocycles. The Kier molecular flexibility index (Phi) is 132. The molecule has 0 amide bonds. The Bertz CT molecular complexity index is 41.3. The van der Waals surface area contributed by atoms with E-state index in [9.17, 15) is 0 Å². The van der Waals surface area contributed by atoms with Gasteiger partial charge < -0.3 is 14.8 Å². The van der Waals surface area contributed by atoms with E-state index >= 15 is 0 Å². The normalized spacial score (nSPS) is 5.58. The fourth-order valence-corrected chi connectivity index (χ4v) is 0. The molecule has 0 heterocycles. The van der Waals surface area contributed by atoms with Crippen molar-refractivity contribution in [2.75, 3.05) is 40.8 Å². The molecule has 0 saturated carbocycles. The van der Waals surface area contributed by atoms with Crippen LogP contribution in [-0.4, -0.2) is 47.1 Å². The third kappa shape index (κ3) is 221000. The van der Waals surface area contributed by atoms with Gasteiger partial charge in [-0.1, -0.05) is 0 Å². The van der Waals surface area contributed by atoms with Crippen LogP contribution < -0.4 is 5.32 Å². The molecule has 0 aromatic carbocycles. The van der Waals surface area contributed by atoms with E-state index in [4.69, 9.17) is 4.79 Å². The molecule has 4 heteroatoms. The first-order valence-corrected chi connectivity index (χ1v) is 5.08. The summed E-state index contributed by atoms with van der Waals surface area (Å²) in [5.74, 6) is 0. The van der Waals surface area contributed by atoms with E-state index in [0.717, 1.165) is 6.29 Å². The standard InChI is InChI=1S/C2H7N.C2H6O.C2H4O.C2H6S/c2*1-3-2;1-2-3;1-3-2/h3H,1-2H3;1-2H3;2H,1H3;1-2H3. The Morgan fingerprint density at radius 2 is 1.25 bits per heavy atom. The average Bonchev–Trinajstić information content (AvgIpc) is 1.92. The minimum atomic E-state index is 0.750. The molecular formula is C8H23NO2S. The van der Waals surface area contributed by atoms with Crippen molar-refractivity contribution in [3.05, 3.63) is 0 Å². The molecular weight excluding hydrogens is 174 g/mol. The first-order chi connectivity index (χ1) is 5.66. The summed E-state index contributed by atoms with van der Waals surface area (Å²) in [6, 6.07) is 0. The molecule has 3 nitrogen and oxygen atoms in total. The van der Waals surface area contributed by atoms with Crippen molar-refractivity contribution in [2.45, 2.75) is 6.92 Å². The second kappa shape index (κ2) is 69.6. The highest BCUT2D eigenvalue weighted by atomic mass is 32.2. The molecule has 0 aliphatic heterocycles. The molecule has 1 N–H and O–H groups in total. The number of hydrogen-bond acceptors (Lipinski definition) is 4. The molecule has 0 unspecified atom stereocenters. The van der Waals surface area contributed by atoms with E-state index in [2.05, 4.69) is 10.1 Å². The second-order valence-corrected chi connectivity index (χ2v) is 2.37. The number of aldehydes is 1. The van der Waals surface area contributed by atoms with Crippen molar-refractivity contribution in [1.29, 1.82) is 0 Å². The number of carbonyl (C=O) groups excluding carboxylic acids is 1. The second-order valence-electron chi connectivity index (χ2n) is 1.55. The predicted octanol–water partition coefficient (Wildman–Crippen LogP) is 1.28. The maximum absolute atomic E-state index is 8.81. The summed E-state index contributed by atoms with van der Waals surface area (Å²) in [6.07, 6.45) is 4.83. The van der Waals surface area contributed by atoms with Gasteiger partial charge in [0.1, 0.15) is 6.29 Å². The van der Waals surface area contributed by atoms with E-state index in [0.29, 0.717) is 0 Å².